The lowest BCUT2D eigenvalue weighted by Crippen LogP contribution is -2.39. The van der Waals surface area contributed by atoms with Crippen LogP contribution in [-0.2, 0) is 10.0 Å². The molecule has 1 aromatic rings. The van der Waals surface area contributed by atoms with E-state index in [0.717, 1.165) is 56.5 Å². The average Bonchev–Trinajstić information content (AvgIpc) is 3.05. The molecule has 2 fully saturated rings. The van der Waals surface area contributed by atoms with E-state index in [-0.39, 0.29) is 11.3 Å². The van der Waals surface area contributed by atoms with Crippen molar-refractivity contribution < 1.29 is 8.42 Å². The Bertz CT molecular complexity index is 684. The van der Waals surface area contributed by atoms with E-state index in [0.29, 0.717) is 12.4 Å². The Hall–Kier alpha value is -1.21. The van der Waals surface area contributed by atoms with Gasteiger partial charge in [0.25, 0.3) is 0 Å². The molecular formula is C17H28N4O2S. The van der Waals surface area contributed by atoms with Gasteiger partial charge < -0.3 is 4.90 Å². The minimum absolute atomic E-state index is 0.141. The number of hydrogen-bond acceptors (Lipinski definition) is 5. The number of anilines is 1. The van der Waals surface area contributed by atoms with Crippen LogP contribution in [0.15, 0.2) is 6.07 Å². The van der Waals surface area contributed by atoms with Gasteiger partial charge in [-0.2, -0.15) is 4.31 Å². The number of aromatic nitrogens is 2. The van der Waals surface area contributed by atoms with Gasteiger partial charge in [-0.05, 0) is 32.6 Å². The molecule has 0 radical (unpaired) electrons. The predicted molar refractivity (Wildman–Crippen MR) is 95.6 cm³/mol. The van der Waals surface area contributed by atoms with Crippen molar-refractivity contribution in [3.63, 3.8) is 0 Å². The molecule has 6 nitrogen and oxygen atoms in total. The van der Waals surface area contributed by atoms with E-state index in [9.17, 15) is 8.42 Å². The molecule has 134 valence electrons. The van der Waals surface area contributed by atoms with Crippen LogP contribution in [-0.4, -0.2) is 48.6 Å². The standard InChI is InChI=1S/C17H28N4O2S/c1-13-18-15(12-17(19-13)20(2)3)16-10-7-11-21(16)24(22,23)14-8-5-4-6-9-14/h12,14,16H,4-11H2,1-3H3. The molecule has 7 heteroatoms. The van der Waals surface area contributed by atoms with Crippen molar-refractivity contribution >= 4 is 15.8 Å². The summed E-state index contributed by atoms with van der Waals surface area (Å²) in [6.07, 6.45) is 6.56. The zero-order chi connectivity index (χ0) is 17.3. The van der Waals surface area contributed by atoms with E-state index >= 15 is 0 Å². The highest BCUT2D eigenvalue weighted by atomic mass is 32.2. The molecule has 1 saturated heterocycles. The smallest absolute Gasteiger partial charge is 0.217 e. The van der Waals surface area contributed by atoms with Crippen molar-refractivity contribution in [2.45, 2.75) is 63.2 Å². The van der Waals surface area contributed by atoms with Crippen LogP contribution in [0.25, 0.3) is 0 Å². The first kappa shape index (κ1) is 17.6. The Morgan fingerprint density at radius 3 is 2.46 bits per heavy atom. The predicted octanol–water partition coefficient (Wildman–Crippen LogP) is 2.65. The zero-order valence-corrected chi connectivity index (χ0v) is 15.7. The molecule has 1 unspecified atom stereocenters. The molecule has 24 heavy (non-hydrogen) atoms. The summed E-state index contributed by atoms with van der Waals surface area (Å²) in [6.45, 7) is 2.48. The van der Waals surface area contributed by atoms with Gasteiger partial charge in [0.2, 0.25) is 10.0 Å². The lowest BCUT2D eigenvalue weighted by Gasteiger charge is -2.30. The largest absolute Gasteiger partial charge is 0.363 e. The van der Waals surface area contributed by atoms with Gasteiger partial charge >= 0.3 is 0 Å². The van der Waals surface area contributed by atoms with E-state index in [2.05, 4.69) is 9.97 Å². The van der Waals surface area contributed by atoms with Gasteiger partial charge in [0.1, 0.15) is 11.6 Å². The Morgan fingerprint density at radius 1 is 1.08 bits per heavy atom. The molecule has 0 amide bonds. The van der Waals surface area contributed by atoms with Gasteiger partial charge in [-0.1, -0.05) is 19.3 Å². The van der Waals surface area contributed by atoms with E-state index in [1.54, 1.807) is 4.31 Å². The Labute approximate surface area is 145 Å². The normalized spacial score (nSPS) is 23.5. The fourth-order valence-electron chi connectivity index (χ4n) is 3.87. The number of sulfonamides is 1. The van der Waals surface area contributed by atoms with Crippen molar-refractivity contribution in [2.75, 3.05) is 25.5 Å². The maximum Gasteiger partial charge on any atom is 0.217 e. The monoisotopic (exact) mass is 352 g/mol. The second-order valence-corrected chi connectivity index (χ2v) is 9.33. The number of aryl methyl sites for hydroxylation is 1. The average molecular weight is 353 g/mol. The third-order valence-electron chi connectivity index (χ3n) is 5.15. The molecule has 2 heterocycles. The Morgan fingerprint density at radius 2 is 1.79 bits per heavy atom. The van der Waals surface area contributed by atoms with Crippen LogP contribution < -0.4 is 4.90 Å². The quantitative estimate of drug-likeness (QED) is 0.833. The minimum atomic E-state index is -3.25. The highest BCUT2D eigenvalue weighted by Crippen LogP contribution is 2.38. The van der Waals surface area contributed by atoms with E-state index < -0.39 is 10.0 Å². The molecule has 3 rings (SSSR count). The number of nitrogens with zero attached hydrogens (tertiary/aromatic N) is 4. The summed E-state index contributed by atoms with van der Waals surface area (Å²) in [5.41, 5.74) is 0.836. The second kappa shape index (κ2) is 6.96. The molecule has 1 saturated carbocycles. The van der Waals surface area contributed by atoms with Crippen LogP contribution >= 0.6 is 0 Å². The van der Waals surface area contributed by atoms with Gasteiger partial charge in [0.15, 0.2) is 0 Å². The minimum Gasteiger partial charge on any atom is -0.363 e. The van der Waals surface area contributed by atoms with Crippen molar-refractivity contribution in [1.29, 1.82) is 0 Å². The highest BCUT2D eigenvalue weighted by molar-refractivity contribution is 7.89. The third kappa shape index (κ3) is 3.42. The van der Waals surface area contributed by atoms with Crippen LogP contribution in [0.4, 0.5) is 5.82 Å². The van der Waals surface area contributed by atoms with Gasteiger partial charge in [0.05, 0.1) is 17.0 Å². The summed E-state index contributed by atoms with van der Waals surface area (Å²) in [4.78, 5) is 10.9. The van der Waals surface area contributed by atoms with Crippen LogP contribution in [0.2, 0.25) is 0 Å². The first-order chi connectivity index (χ1) is 11.4. The molecule has 0 N–H and O–H groups in total. The SMILES string of the molecule is Cc1nc(C2CCCN2S(=O)(=O)C2CCCCC2)cc(N(C)C)n1. The first-order valence-corrected chi connectivity index (χ1v) is 10.4. The Kier molecular flexibility index (Phi) is 5.11. The second-order valence-electron chi connectivity index (χ2n) is 7.17. The fraction of sp³-hybridized carbons (Fsp3) is 0.765. The van der Waals surface area contributed by atoms with Crippen molar-refractivity contribution in [3.05, 3.63) is 17.6 Å². The van der Waals surface area contributed by atoms with E-state index in [1.807, 2.05) is 32.0 Å². The summed E-state index contributed by atoms with van der Waals surface area (Å²) < 4.78 is 28.0. The molecular weight excluding hydrogens is 324 g/mol. The van der Waals surface area contributed by atoms with Gasteiger partial charge in [-0.25, -0.2) is 18.4 Å². The Balaban J connectivity index is 1.90. The molecule has 2 aliphatic rings. The summed E-state index contributed by atoms with van der Waals surface area (Å²) in [5.74, 6) is 1.53. The molecule has 0 bridgehead atoms. The fourth-order valence-corrected chi connectivity index (χ4v) is 6.13. The van der Waals surface area contributed by atoms with Crippen LogP contribution in [0.1, 0.15) is 62.5 Å². The summed E-state index contributed by atoms with van der Waals surface area (Å²) in [5, 5.41) is -0.205. The molecule has 1 aromatic heterocycles. The number of rotatable bonds is 4. The zero-order valence-electron chi connectivity index (χ0n) is 14.9. The van der Waals surface area contributed by atoms with Crippen LogP contribution in [0, 0.1) is 6.92 Å². The van der Waals surface area contributed by atoms with Crippen LogP contribution in [0.3, 0.4) is 0 Å². The van der Waals surface area contributed by atoms with Gasteiger partial charge in [-0.3, -0.25) is 0 Å². The van der Waals surface area contributed by atoms with Crippen molar-refractivity contribution in [3.8, 4) is 0 Å². The molecule has 1 atom stereocenters. The maximum absolute atomic E-state index is 13.1. The molecule has 1 aliphatic heterocycles. The summed E-state index contributed by atoms with van der Waals surface area (Å²) in [6, 6.07) is 1.80. The summed E-state index contributed by atoms with van der Waals surface area (Å²) >= 11 is 0. The third-order valence-corrected chi connectivity index (χ3v) is 7.55. The lowest BCUT2D eigenvalue weighted by molar-refractivity contribution is 0.369. The summed E-state index contributed by atoms with van der Waals surface area (Å²) in [7, 11) is 0.637. The van der Waals surface area contributed by atoms with Crippen molar-refractivity contribution in [1.82, 2.24) is 14.3 Å². The van der Waals surface area contributed by atoms with E-state index in [1.165, 1.54) is 0 Å². The topological polar surface area (TPSA) is 66.4 Å². The first-order valence-electron chi connectivity index (χ1n) is 8.93. The maximum atomic E-state index is 13.1. The lowest BCUT2D eigenvalue weighted by atomic mass is 10.0. The molecule has 0 aromatic carbocycles. The van der Waals surface area contributed by atoms with Gasteiger partial charge in [-0.15, -0.1) is 0 Å². The number of hydrogen-bond donors (Lipinski definition) is 0. The molecule has 1 aliphatic carbocycles. The van der Waals surface area contributed by atoms with Crippen molar-refractivity contribution in [2.24, 2.45) is 0 Å². The van der Waals surface area contributed by atoms with E-state index in [4.69, 9.17) is 0 Å². The highest BCUT2D eigenvalue weighted by Gasteiger charge is 2.40. The van der Waals surface area contributed by atoms with Gasteiger partial charge in [0, 0.05) is 26.7 Å². The van der Waals surface area contributed by atoms with Crippen LogP contribution in [0.5, 0.6) is 0 Å². The molecule has 0 spiro atoms.